The van der Waals surface area contributed by atoms with E-state index < -0.39 is 10.0 Å². The Hall–Kier alpha value is -1.81. The number of hydrazine groups is 1. The van der Waals surface area contributed by atoms with Gasteiger partial charge in [-0.2, -0.15) is 0 Å². The number of carbonyl (C=O) groups excluding carboxylic acids is 1. The second-order valence-corrected chi connectivity index (χ2v) is 7.66. The summed E-state index contributed by atoms with van der Waals surface area (Å²) < 4.78 is 22.1. The third-order valence-electron chi connectivity index (χ3n) is 3.14. The van der Waals surface area contributed by atoms with Gasteiger partial charge < -0.3 is 0 Å². The first kappa shape index (κ1) is 17.5. The number of carbonyl (C=O) groups is 1. The maximum absolute atomic E-state index is 11.2. The Labute approximate surface area is 138 Å². The molecule has 1 amide bonds. The van der Waals surface area contributed by atoms with E-state index >= 15 is 0 Å². The zero-order chi connectivity index (χ0) is 16.9. The van der Waals surface area contributed by atoms with Crippen LogP contribution < -0.4 is 16.4 Å². The maximum atomic E-state index is 11.2. The highest BCUT2D eigenvalue weighted by molar-refractivity contribution is 7.88. The van der Waals surface area contributed by atoms with Crippen LogP contribution in [0.25, 0.3) is 0 Å². The van der Waals surface area contributed by atoms with Crippen molar-refractivity contribution < 1.29 is 13.2 Å². The molecule has 9 heteroatoms. The van der Waals surface area contributed by atoms with Crippen molar-refractivity contribution in [1.29, 1.82) is 0 Å². The Balaban J connectivity index is 1.89. The molecule has 0 atom stereocenters. The van der Waals surface area contributed by atoms with Crippen molar-refractivity contribution in [2.45, 2.75) is 25.0 Å². The Bertz CT molecular complexity index is 770. The number of thiazole rings is 1. The summed E-state index contributed by atoms with van der Waals surface area (Å²) in [7, 11) is -3.54. The van der Waals surface area contributed by atoms with Gasteiger partial charge in [0.1, 0.15) is 10.8 Å². The lowest BCUT2D eigenvalue weighted by Gasteiger charge is -2.03. The number of hydrogen-bond acceptors (Lipinski definition) is 6. The fourth-order valence-electron chi connectivity index (χ4n) is 2.03. The van der Waals surface area contributed by atoms with Crippen molar-refractivity contribution >= 4 is 27.3 Å². The minimum absolute atomic E-state index is 0.227. The standard InChI is InChI=1S/C14H18N4O3S2/c15-18-13(19)7-11-3-1-10(2-4-11)5-6-12-8-22-14(17-12)9-23(16,20)21/h1-4,8H,5-7,9,15H2,(H,18,19)(H2,16,20,21). The molecule has 0 aliphatic heterocycles. The molecular weight excluding hydrogens is 336 g/mol. The SMILES string of the molecule is NNC(=O)Cc1ccc(CCc2csc(CS(N)(=O)=O)n2)cc1. The van der Waals surface area contributed by atoms with Crippen LogP contribution in [-0.4, -0.2) is 19.3 Å². The van der Waals surface area contributed by atoms with Crippen LogP contribution in [0, 0.1) is 0 Å². The first-order valence-corrected chi connectivity index (χ1v) is 9.46. The van der Waals surface area contributed by atoms with Crippen molar-refractivity contribution in [2.24, 2.45) is 11.0 Å². The van der Waals surface area contributed by atoms with E-state index in [0.29, 0.717) is 11.4 Å². The Morgan fingerprint density at radius 3 is 2.43 bits per heavy atom. The highest BCUT2D eigenvalue weighted by Gasteiger charge is 2.09. The molecule has 1 heterocycles. The summed E-state index contributed by atoms with van der Waals surface area (Å²) in [5.41, 5.74) is 4.95. The van der Waals surface area contributed by atoms with Crippen LogP contribution >= 0.6 is 11.3 Å². The normalized spacial score (nSPS) is 11.4. The van der Waals surface area contributed by atoms with Crippen molar-refractivity contribution in [2.75, 3.05) is 0 Å². The van der Waals surface area contributed by atoms with Crippen LogP contribution in [0.2, 0.25) is 0 Å². The molecule has 1 aromatic carbocycles. The number of amides is 1. The fourth-order valence-corrected chi connectivity index (χ4v) is 3.82. The van der Waals surface area contributed by atoms with Crippen LogP contribution in [0.1, 0.15) is 21.8 Å². The van der Waals surface area contributed by atoms with E-state index in [0.717, 1.165) is 23.2 Å². The predicted molar refractivity (Wildman–Crippen MR) is 88.8 cm³/mol. The van der Waals surface area contributed by atoms with E-state index in [1.165, 1.54) is 11.3 Å². The summed E-state index contributed by atoms with van der Waals surface area (Å²) in [6.07, 6.45) is 1.74. The largest absolute Gasteiger partial charge is 0.294 e. The third-order valence-corrected chi connectivity index (χ3v) is 4.90. The van der Waals surface area contributed by atoms with E-state index in [2.05, 4.69) is 10.4 Å². The molecule has 0 saturated carbocycles. The number of aryl methyl sites for hydroxylation is 2. The van der Waals surface area contributed by atoms with Gasteiger partial charge in [-0.15, -0.1) is 11.3 Å². The molecule has 0 bridgehead atoms. The Morgan fingerprint density at radius 1 is 1.17 bits per heavy atom. The molecule has 0 unspecified atom stereocenters. The fraction of sp³-hybridized carbons (Fsp3) is 0.286. The van der Waals surface area contributed by atoms with Gasteiger partial charge in [-0.1, -0.05) is 24.3 Å². The lowest BCUT2D eigenvalue weighted by molar-refractivity contribution is -0.120. The molecule has 0 aliphatic carbocycles. The van der Waals surface area contributed by atoms with Crippen molar-refractivity contribution in [3.05, 3.63) is 51.5 Å². The average Bonchev–Trinajstić information content (AvgIpc) is 2.92. The quantitative estimate of drug-likeness (QED) is 0.373. The monoisotopic (exact) mass is 354 g/mol. The molecule has 0 spiro atoms. The molecule has 0 aliphatic rings. The van der Waals surface area contributed by atoms with E-state index in [-0.39, 0.29) is 18.1 Å². The molecular formula is C14H18N4O3S2. The number of rotatable bonds is 7. The molecule has 7 nitrogen and oxygen atoms in total. The number of sulfonamides is 1. The molecule has 0 saturated heterocycles. The summed E-state index contributed by atoms with van der Waals surface area (Å²) in [4.78, 5) is 15.5. The number of nitrogens with zero attached hydrogens (tertiary/aromatic N) is 1. The van der Waals surface area contributed by atoms with E-state index in [4.69, 9.17) is 11.0 Å². The van der Waals surface area contributed by atoms with Gasteiger partial charge in [-0.25, -0.2) is 24.4 Å². The van der Waals surface area contributed by atoms with Crippen molar-refractivity contribution in [3.8, 4) is 0 Å². The number of benzene rings is 1. The summed E-state index contributed by atoms with van der Waals surface area (Å²) in [5.74, 6) is 4.59. The van der Waals surface area contributed by atoms with Gasteiger partial charge in [0.25, 0.3) is 0 Å². The zero-order valence-electron chi connectivity index (χ0n) is 12.4. The molecule has 0 radical (unpaired) electrons. The Kier molecular flexibility index (Phi) is 5.83. The smallest absolute Gasteiger partial charge is 0.238 e. The van der Waals surface area contributed by atoms with Crippen LogP contribution in [0.5, 0.6) is 0 Å². The molecule has 5 N–H and O–H groups in total. The number of hydrogen-bond donors (Lipinski definition) is 3. The van der Waals surface area contributed by atoms with Gasteiger partial charge in [0.05, 0.1) is 12.1 Å². The second-order valence-electron chi connectivity index (χ2n) is 5.10. The first-order valence-electron chi connectivity index (χ1n) is 6.87. The van der Waals surface area contributed by atoms with E-state index in [1.807, 2.05) is 29.6 Å². The third kappa shape index (κ3) is 6.06. The summed E-state index contributed by atoms with van der Waals surface area (Å²) in [5, 5.41) is 7.36. The van der Waals surface area contributed by atoms with Crippen LogP contribution in [0.3, 0.4) is 0 Å². The predicted octanol–water partition coefficient (Wildman–Crippen LogP) is 0.249. The second kappa shape index (κ2) is 7.64. The first-order chi connectivity index (χ1) is 10.9. The minimum atomic E-state index is -3.54. The number of nitrogens with two attached hydrogens (primary N) is 2. The number of aromatic nitrogens is 1. The summed E-state index contributed by atoms with van der Waals surface area (Å²) >= 11 is 1.30. The van der Waals surface area contributed by atoms with Gasteiger partial charge in [-0.05, 0) is 24.0 Å². The van der Waals surface area contributed by atoms with Crippen LogP contribution in [-0.2, 0) is 39.8 Å². The van der Waals surface area contributed by atoms with Crippen LogP contribution in [0.4, 0.5) is 0 Å². The summed E-state index contributed by atoms with van der Waals surface area (Å²) in [6.45, 7) is 0. The lowest BCUT2D eigenvalue weighted by atomic mass is 10.0. The average molecular weight is 354 g/mol. The number of primary sulfonamides is 1. The van der Waals surface area contributed by atoms with Crippen LogP contribution in [0.15, 0.2) is 29.6 Å². The molecule has 2 rings (SSSR count). The molecule has 23 heavy (non-hydrogen) atoms. The summed E-state index contributed by atoms with van der Waals surface area (Å²) in [6, 6.07) is 7.68. The molecule has 1 aromatic heterocycles. The lowest BCUT2D eigenvalue weighted by Crippen LogP contribution is -2.31. The zero-order valence-corrected chi connectivity index (χ0v) is 14.0. The van der Waals surface area contributed by atoms with Gasteiger partial charge in [-0.3, -0.25) is 10.2 Å². The van der Waals surface area contributed by atoms with Crippen molar-refractivity contribution in [1.82, 2.24) is 10.4 Å². The van der Waals surface area contributed by atoms with E-state index in [9.17, 15) is 13.2 Å². The highest BCUT2D eigenvalue weighted by Crippen LogP contribution is 2.15. The topological polar surface area (TPSA) is 128 Å². The minimum Gasteiger partial charge on any atom is -0.294 e. The molecule has 0 fully saturated rings. The van der Waals surface area contributed by atoms with E-state index in [1.54, 1.807) is 0 Å². The van der Waals surface area contributed by atoms with Gasteiger partial charge in [0, 0.05) is 5.38 Å². The highest BCUT2D eigenvalue weighted by atomic mass is 32.2. The molecule has 2 aromatic rings. The Morgan fingerprint density at radius 2 is 1.83 bits per heavy atom. The van der Waals surface area contributed by atoms with Gasteiger partial charge in [0.15, 0.2) is 0 Å². The maximum Gasteiger partial charge on any atom is 0.238 e. The van der Waals surface area contributed by atoms with Gasteiger partial charge in [0.2, 0.25) is 15.9 Å². The number of nitrogens with one attached hydrogen (secondary N) is 1. The van der Waals surface area contributed by atoms with Gasteiger partial charge >= 0.3 is 0 Å². The molecule has 124 valence electrons. The van der Waals surface area contributed by atoms with Crippen molar-refractivity contribution in [3.63, 3.8) is 0 Å².